The third kappa shape index (κ3) is 5.04. The minimum Gasteiger partial charge on any atom is -0.394 e. The van der Waals surface area contributed by atoms with Crippen LogP contribution < -0.4 is 11.2 Å². The molecule has 0 aromatic heterocycles. The van der Waals surface area contributed by atoms with Crippen molar-refractivity contribution < 1.29 is 20.4 Å². The fourth-order valence-corrected chi connectivity index (χ4v) is 0.654. The van der Waals surface area contributed by atoms with Gasteiger partial charge in [-0.25, -0.2) is 0 Å². The molecule has 0 aromatic carbocycles. The lowest BCUT2D eigenvalue weighted by Crippen LogP contribution is -2.40. The molecule has 0 spiro atoms. The maximum Gasteiger partial charge on any atom is 0.184 e. The summed E-state index contributed by atoms with van der Waals surface area (Å²) < 4.78 is 0. The van der Waals surface area contributed by atoms with E-state index in [-0.39, 0.29) is 5.11 Å². The van der Waals surface area contributed by atoms with Gasteiger partial charge in [0.05, 0.1) is 12.8 Å². The molecule has 0 amide bonds. The molecule has 0 aliphatic heterocycles. The van der Waals surface area contributed by atoms with Crippen molar-refractivity contribution in [3.63, 3.8) is 0 Å². The Hall–Kier alpha value is -0.800. The zero-order valence-electron chi connectivity index (χ0n) is 7.24. The minimum atomic E-state index is -1.52. The van der Waals surface area contributed by atoms with Gasteiger partial charge in [-0.05, 0) is 12.2 Å². The first-order valence-electron chi connectivity index (χ1n) is 3.72. The van der Waals surface area contributed by atoms with Gasteiger partial charge in [-0.1, -0.05) is 0 Å². The molecule has 0 saturated heterocycles. The first kappa shape index (κ1) is 13.2. The SMILES string of the molecule is NC(=S)N/N=C\[C@H](O)[C@@H](O)[C@H](O)CO. The van der Waals surface area contributed by atoms with E-state index in [4.69, 9.17) is 26.2 Å². The second-order valence-electron chi connectivity index (χ2n) is 2.49. The number of rotatable bonds is 5. The summed E-state index contributed by atoms with van der Waals surface area (Å²) in [5.41, 5.74) is 7.17. The van der Waals surface area contributed by atoms with E-state index in [0.29, 0.717) is 0 Å². The van der Waals surface area contributed by atoms with Gasteiger partial charge in [0, 0.05) is 0 Å². The molecule has 3 atom stereocenters. The molecule has 8 heteroatoms. The van der Waals surface area contributed by atoms with Crippen LogP contribution in [0.25, 0.3) is 0 Å². The molecular weight excluding hydrogens is 210 g/mol. The van der Waals surface area contributed by atoms with Crippen LogP contribution in [-0.2, 0) is 0 Å². The van der Waals surface area contributed by atoms with Crippen molar-refractivity contribution in [2.45, 2.75) is 18.3 Å². The fourth-order valence-electron chi connectivity index (χ4n) is 0.601. The molecule has 82 valence electrons. The second kappa shape index (κ2) is 6.62. The van der Waals surface area contributed by atoms with E-state index >= 15 is 0 Å². The molecule has 0 bridgehead atoms. The number of nitrogens with two attached hydrogens (primary N) is 1. The molecule has 0 rings (SSSR count). The molecule has 0 unspecified atom stereocenters. The number of hydrogen-bond donors (Lipinski definition) is 6. The number of thiocarbonyl (C=S) groups is 1. The Morgan fingerprint density at radius 1 is 1.50 bits per heavy atom. The van der Waals surface area contributed by atoms with Gasteiger partial charge in [0.2, 0.25) is 0 Å². The Labute approximate surface area is 85.9 Å². The fraction of sp³-hybridized carbons (Fsp3) is 0.667. The third-order valence-corrected chi connectivity index (χ3v) is 1.42. The highest BCUT2D eigenvalue weighted by Gasteiger charge is 2.22. The van der Waals surface area contributed by atoms with Gasteiger partial charge < -0.3 is 26.2 Å². The van der Waals surface area contributed by atoms with Crippen LogP contribution in [0.3, 0.4) is 0 Å². The van der Waals surface area contributed by atoms with Crippen molar-refractivity contribution in [1.82, 2.24) is 5.43 Å². The highest BCUT2D eigenvalue weighted by Crippen LogP contribution is 1.97. The predicted molar refractivity (Wildman–Crippen MR) is 53.5 cm³/mol. The molecular formula is C6H13N3O4S. The summed E-state index contributed by atoms with van der Waals surface area (Å²) in [6.07, 6.45) is -3.46. The number of aliphatic hydroxyl groups excluding tert-OH is 4. The molecule has 0 saturated carbocycles. The number of hydrogen-bond acceptors (Lipinski definition) is 6. The highest BCUT2D eigenvalue weighted by molar-refractivity contribution is 7.80. The van der Waals surface area contributed by atoms with Crippen molar-refractivity contribution >= 4 is 23.5 Å². The molecule has 7 N–H and O–H groups in total. The summed E-state index contributed by atoms with van der Waals surface area (Å²) >= 11 is 4.41. The monoisotopic (exact) mass is 223 g/mol. The summed E-state index contributed by atoms with van der Waals surface area (Å²) in [5, 5.41) is 38.9. The van der Waals surface area contributed by atoms with Crippen molar-refractivity contribution in [2.24, 2.45) is 10.8 Å². The van der Waals surface area contributed by atoms with Crippen LogP contribution in [0.2, 0.25) is 0 Å². The van der Waals surface area contributed by atoms with E-state index in [9.17, 15) is 0 Å². The Morgan fingerprint density at radius 3 is 2.50 bits per heavy atom. The molecule has 0 fully saturated rings. The number of nitrogens with one attached hydrogen (secondary N) is 1. The lowest BCUT2D eigenvalue weighted by Gasteiger charge is -2.17. The largest absolute Gasteiger partial charge is 0.394 e. The van der Waals surface area contributed by atoms with E-state index in [1.807, 2.05) is 0 Å². The molecule has 7 nitrogen and oxygen atoms in total. The van der Waals surface area contributed by atoms with E-state index < -0.39 is 24.9 Å². The van der Waals surface area contributed by atoms with Gasteiger partial charge in [0.25, 0.3) is 0 Å². The first-order chi connectivity index (χ1) is 6.49. The van der Waals surface area contributed by atoms with Crippen LogP contribution in [0.1, 0.15) is 0 Å². The van der Waals surface area contributed by atoms with Crippen LogP contribution in [0.5, 0.6) is 0 Å². The van der Waals surface area contributed by atoms with Gasteiger partial charge in [-0.2, -0.15) is 5.10 Å². The molecule has 14 heavy (non-hydrogen) atoms. The summed E-state index contributed by atoms with van der Waals surface area (Å²) in [6.45, 7) is -0.658. The lowest BCUT2D eigenvalue weighted by atomic mass is 10.1. The zero-order chi connectivity index (χ0) is 11.1. The lowest BCUT2D eigenvalue weighted by molar-refractivity contribution is -0.0542. The Balaban J connectivity index is 3.99. The summed E-state index contributed by atoms with van der Waals surface area (Å²) in [4.78, 5) is 0. The third-order valence-electron chi connectivity index (χ3n) is 1.33. The number of hydrazone groups is 1. The van der Waals surface area contributed by atoms with Crippen LogP contribution in [-0.4, -0.2) is 56.7 Å². The van der Waals surface area contributed by atoms with Gasteiger partial charge in [0.1, 0.15) is 18.3 Å². The average Bonchev–Trinajstić information content (AvgIpc) is 2.14. The maximum atomic E-state index is 9.14. The zero-order valence-corrected chi connectivity index (χ0v) is 8.05. The van der Waals surface area contributed by atoms with Gasteiger partial charge >= 0.3 is 0 Å². The molecule has 0 heterocycles. The van der Waals surface area contributed by atoms with E-state index in [0.717, 1.165) is 6.21 Å². The van der Waals surface area contributed by atoms with Gasteiger partial charge in [-0.15, -0.1) is 0 Å². The minimum absolute atomic E-state index is 0.0920. The molecule has 0 aliphatic carbocycles. The summed E-state index contributed by atoms with van der Waals surface area (Å²) in [5.74, 6) is 0. The van der Waals surface area contributed by atoms with Crippen molar-refractivity contribution in [3.8, 4) is 0 Å². The van der Waals surface area contributed by atoms with Crippen molar-refractivity contribution in [3.05, 3.63) is 0 Å². The van der Waals surface area contributed by atoms with E-state index in [2.05, 4.69) is 22.7 Å². The number of aliphatic hydroxyl groups is 4. The van der Waals surface area contributed by atoms with Crippen LogP contribution in [0.4, 0.5) is 0 Å². The second-order valence-corrected chi connectivity index (χ2v) is 2.93. The smallest absolute Gasteiger partial charge is 0.184 e. The van der Waals surface area contributed by atoms with Crippen molar-refractivity contribution in [2.75, 3.05) is 6.61 Å². The van der Waals surface area contributed by atoms with Crippen molar-refractivity contribution in [1.29, 1.82) is 0 Å². The van der Waals surface area contributed by atoms with Gasteiger partial charge in [-0.3, -0.25) is 5.43 Å². The van der Waals surface area contributed by atoms with Crippen LogP contribution in [0, 0.1) is 0 Å². The van der Waals surface area contributed by atoms with E-state index in [1.165, 1.54) is 0 Å². The maximum absolute atomic E-state index is 9.14. The summed E-state index contributed by atoms with van der Waals surface area (Å²) in [7, 11) is 0. The topological polar surface area (TPSA) is 131 Å². The predicted octanol–water partition coefficient (Wildman–Crippen LogP) is -3.12. The molecule has 0 radical (unpaired) electrons. The Bertz CT molecular complexity index is 213. The summed E-state index contributed by atoms with van der Waals surface area (Å²) in [6, 6.07) is 0. The van der Waals surface area contributed by atoms with Gasteiger partial charge in [0.15, 0.2) is 5.11 Å². The average molecular weight is 223 g/mol. The number of nitrogens with zero attached hydrogens (tertiary/aromatic N) is 1. The molecule has 0 aromatic rings. The van der Waals surface area contributed by atoms with Crippen LogP contribution in [0.15, 0.2) is 5.10 Å². The van der Waals surface area contributed by atoms with Crippen LogP contribution >= 0.6 is 12.2 Å². The molecule has 0 aliphatic rings. The standard InChI is InChI=1S/C6H13N3O4S/c7-6(14)9-8-1-3(11)5(13)4(12)2-10/h1,3-5,10-13H,2H2,(H3,7,9,14)/b8-1-/t3-,4+,5+/m0/s1. The van der Waals surface area contributed by atoms with E-state index in [1.54, 1.807) is 0 Å². The Morgan fingerprint density at radius 2 is 2.07 bits per heavy atom. The normalized spacial score (nSPS) is 17.7. The Kier molecular flexibility index (Phi) is 6.25. The highest BCUT2D eigenvalue weighted by atomic mass is 32.1. The first-order valence-corrected chi connectivity index (χ1v) is 4.13. The quantitative estimate of drug-likeness (QED) is 0.165.